The van der Waals surface area contributed by atoms with Crippen molar-refractivity contribution >= 4 is 33.3 Å². The van der Waals surface area contributed by atoms with Gasteiger partial charge in [0.1, 0.15) is 5.76 Å². The zero-order valence-corrected chi connectivity index (χ0v) is 18.0. The summed E-state index contributed by atoms with van der Waals surface area (Å²) in [5.41, 5.74) is 0.996. The number of methoxy groups -OCH3 is 1. The topological polar surface area (TPSA) is 118 Å². The molecule has 2 saturated heterocycles. The van der Waals surface area contributed by atoms with Gasteiger partial charge in [-0.1, -0.05) is 42.5 Å². The molecule has 2 heterocycles. The van der Waals surface area contributed by atoms with Crippen LogP contribution < -0.4 is 0 Å². The Morgan fingerprint density at radius 1 is 1.03 bits per heavy atom. The fourth-order valence-corrected chi connectivity index (χ4v) is 5.93. The number of aliphatic hydroxyl groups excluding tert-OH is 1. The van der Waals surface area contributed by atoms with Crippen molar-refractivity contribution in [3.8, 4) is 0 Å². The second kappa shape index (κ2) is 8.23. The molecular weight excluding hydrogens is 434 g/mol. The molecular formula is C23H21NO7S. The average molecular weight is 455 g/mol. The molecule has 0 radical (unpaired) electrons. The molecule has 0 spiro atoms. The molecule has 8 nitrogen and oxygen atoms in total. The summed E-state index contributed by atoms with van der Waals surface area (Å²) >= 11 is 0. The van der Waals surface area contributed by atoms with Crippen molar-refractivity contribution in [3.63, 3.8) is 0 Å². The highest BCUT2D eigenvalue weighted by atomic mass is 32.2. The molecule has 1 N–H and O–H groups in total. The Labute approximate surface area is 185 Å². The summed E-state index contributed by atoms with van der Waals surface area (Å²) in [4.78, 5) is 39.1. The molecule has 0 aromatic heterocycles. The number of benzene rings is 2. The predicted octanol–water partition coefficient (Wildman–Crippen LogP) is 2.08. The molecule has 2 atom stereocenters. The van der Waals surface area contributed by atoms with Crippen molar-refractivity contribution in [1.29, 1.82) is 0 Å². The van der Waals surface area contributed by atoms with Crippen LogP contribution in [0.5, 0.6) is 0 Å². The molecule has 2 aromatic carbocycles. The Balaban J connectivity index is 1.86. The first kappa shape index (κ1) is 21.8. The molecule has 166 valence electrons. The van der Waals surface area contributed by atoms with Crippen molar-refractivity contribution < 1.29 is 32.6 Å². The Bertz CT molecular complexity index is 1220. The molecule has 0 unspecified atom stereocenters. The summed E-state index contributed by atoms with van der Waals surface area (Å²) in [7, 11) is -2.08. The molecule has 0 aliphatic carbocycles. The molecule has 0 saturated carbocycles. The molecule has 2 aliphatic heterocycles. The third kappa shape index (κ3) is 3.80. The maximum Gasteiger partial charge on any atom is 0.337 e. The van der Waals surface area contributed by atoms with Crippen molar-refractivity contribution in [2.75, 3.05) is 18.6 Å². The minimum absolute atomic E-state index is 0.0760. The highest BCUT2D eigenvalue weighted by Gasteiger charge is 2.50. The van der Waals surface area contributed by atoms with E-state index in [2.05, 4.69) is 0 Å². The van der Waals surface area contributed by atoms with Crippen LogP contribution in [0, 0.1) is 0 Å². The van der Waals surface area contributed by atoms with Crippen LogP contribution in [0.2, 0.25) is 0 Å². The van der Waals surface area contributed by atoms with Crippen LogP contribution in [0.4, 0.5) is 0 Å². The summed E-state index contributed by atoms with van der Waals surface area (Å²) < 4.78 is 28.9. The third-order valence-corrected chi connectivity index (χ3v) is 7.53. The number of esters is 1. The van der Waals surface area contributed by atoms with Crippen LogP contribution in [0.1, 0.15) is 33.9 Å². The maximum absolute atomic E-state index is 13.0. The molecule has 0 bridgehead atoms. The second-order valence-electron chi connectivity index (χ2n) is 7.74. The number of likely N-dealkylation sites (tertiary alicyclic amines) is 1. The standard InChI is InChI=1S/C23H21NO7S/c1-31-23(28)16-9-7-14(8-10-16)19-18(20(25)15-5-3-2-4-6-15)21(26)22(27)24(19)17-11-12-32(29,30)13-17/h2-10,17,19,25H,11-13H2,1H3/t17-,19-/m1/s1. The van der Waals surface area contributed by atoms with Crippen LogP contribution in [-0.4, -0.2) is 60.7 Å². The number of aliphatic hydroxyl groups is 1. The summed E-state index contributed by atoms with van der Waals surface area (Å²) in [6, 6.07) is 12.8. The molecule has 9 heteroatoms. The van der Waals surface area contributed by atoms with E-state index in [1.165, 1.54) is 24.1 Å². The van der Waals surface area contributed by atoms with Crippen LogP contribution >= 0.6 is 0 Å². The normalized spacial score (nSPS) is 24.0. The number of amides is 1. The summed E-state index contributed by atoms with van der Waals surface area (Å²) in [6.07, 6.45) is 0.206. The van der Waals surface area contributed by atoms with Crippen LogP contribution in [0.15, 0.2) is 60.2 Å². The van der Waals surface area contributed by atoms with Gasteiger partial charge in [-0.3, -0.25) is 9.59 Å². The smallest absolute Gasteiger partial charge is 0.337 e. The number of carbonyl (C=O) groups is 3. The van der Waals surface area contributed by atoms with Gasteiger partial charge in [0, 0.05) is 11.6 Å². The first-order valence-electron chi connectivity index (χ1n) is 9.97. The molecule has 2 fully saturated rings. The van der Waals surface area contributed by atoms with E-state index in [1.54, 1.807) is 42.5 Å². The molecule has 1 amide bonds. The van der Waals surface area contributed by atoms with Gasteiger partial charge in [0.05, 0.1) is 35.8 Å². The predicted molar refractivity (Wildman–Crippen MR) is 115 cm³/mol. The minimum atomic E-state index is -3.34. The Morgan fingerprint density at radius 2 is 1.69 bits per heavy atom. The summed E-state index contributed by atoms with van der Waals surface area (Å²) in [5.74, 6) is -2.94. The van der Waals surface area contributed by atoms with E-state index in [1.807, 2.05) is 0 Å². The summed E-state index contributed by atoms with van der Waals surface area (Å²) in [6.45, 7) is 0. The van der Waals surface area contributed by atoms with Gasteiger partial charge in [-0.2, -0.15) is 0 Å². The zero-order chi connectivity index (χ0) is 23.0. The molecule has 2 aliphatic rings. The van der Waals surface area contributed by atoms with E-state index in [4.69, 9.17) is 4.74 Å². The lowest BCUT2D eigenvalue weighted by molar-refractivity contribution is -0.141. The Kier molecular flexibility index (Phi) is 5.60. The number of carbonyl (C=O) groups excluding carboxylic acids is 3. The Hall–Kier alpha value is -3.46. The zero-order valence-electron chi connectivity index (χ0n) is 17.2. The van der Waals surface area contributed by atoms with Gasteiger partial charge < -0.3 is 14.7 Å². The number of ketones is 1. The van der Waals surface area contributed by atoms with Gasteiger partial charge in [0.15, 0.2) is 9.84 Å². The van der Waals surface area contributed by atoms with Gasteiger partial charge >= 0.3 is 5.97 Å². The number of ether oxygens (including phenoxy) is 1. The van der Waals surface area contributed by atoms with Crippen molar-refractivity contribution in [3.05, 3.63) is 76.9 Å². The third-order valence-electron chi connectivity index (χ3n) is 5.78. The van der Waals surface area contributed by atoms with Gasteiger partial charge in [-0.15, -0.1) is 0 Å². The van der Waals surface area contributed by atoms with Crippen molar-refractivity contribution in [1.82, 2.24) is 4.90 Å². The minimum Gasteiger partial charge on any atom is -0.507 e. The first-order chi connectivity index (χ1) is 15.2. The highest BCUT2D eigenvalue weighted by Crippen LogP contribution is 2.42. The van der Waals surface area contributed by atoms with Crippen LogP contribution in [-0.2, 0) is 24.2 Å². The lowest BCUT2D eigenvalue weighted by Gasteiger charge is -2.30. The van der Waals surface area contributed by atoms with Gasteiger partial charge in [-0.25, -0.2) is 13.2 Å². The van der Waals surface area contributed by atoms with E-state index in [9.17, 15) is 27.9 Å². The van der Waals surface area contributed by atoms with Crippen molar-refractivity contribution in [2.45, 2.75) is 18.5 Å². The van der Waals surface area contributed by atoms with E-state index < -0.39 is 39.6 Å². The van der Waals surface area contributed by atoms with Crippen LogP contribution in [0.25, 0.3) is 5.76 Å². The number of sulfone groups is 1. The number of hydrogen-bond donors (Lipinski definition) is 1. The quantitative estimate of drug-likeness (QED) is 0.325. The lowest BCUT2D eigenvalue weighted by Crippen LogP contribution is -2.40. The molecule has 4 rings (SSSR count). The summed E-state index contributed by atoms with van der Waals surface area (Å²) in [5, 5.41) is 11.0. The Morgan fingerprint density at radius 3 is 2.25 bits per heavy atom. The van der Waals surface area contributed by atoms with Gasteiger partial charge in [-0.05, 0) is 24.1 Å². The molecule has 32 heavy (non-hydrogen) atoms. The first-order valence-corrected chi connectivity index (χ1v) is 11.8. The van der Waals surface area contributed by atoms with E-state index in [0.717, 1.165) is 0 Å². The fourth-order valence-electron chi connectivity index (χ4n) is 4.22. The number of nitrogens with zero attached hydrogens (tertiary/aromatic N) is 1. The monoisotopic (exact) mass is 455 g/mol. The highest BCUT2D eigenvalue weighted by molar-refractivity contribution is 7.91. The number of rotatable bonds is 4. The van der Waals surface area contributed by atoms with Crippen molar-refractivity contribution in [2.24, 2.45) is 0 Å². The maximum atomic E-state index is 13.0. The molecule has 2 aromatic rings. The van der Waals surface area contributed by atoms with Gasteiger partial charge in [0.2, 0.25) is 0 Å². The van der Waals surface area contributed by atoms with E-state index in [-0.39, 0.29) is 34.8 Å². The average Bonchev–Trinajstić information content (AvgIpc) is 3.29. The SMILES string of the molecule is COC(=O)c1ccc([C@@H]2C(=C(O)c3ccccc3)C(=O)C(=O)N2[C@@H]2CCS(=O)(=O)C2)cc1. The largest absolute Gasteiger partial charge is 0.507 e. The lowest BCUT2D eigenvalue weighted by atomic mass is 9.94. The second-order valence-corrected chi connectivity index (χ2v) is 9.97. The van der Waals surface area contributed by atoms with E-state index >= 15 is 0 Å². The van der Waals surface area contributed by atoms with Gasteiger partial charge in [0.25, 0.3) is 11.7 Å². The number of hydrogen-bond acceptors (Lipinski definition) is 7. The number of Topliss-reactive ketones (excluding diaryl/α,β-unsaturated/α-hetero) is 1. The van der Waals surface area contributed by atoms with Crippen LogP contribution in [0.3, 0.4) is 0 Å². The fraction of sp³-hybridized carbons (Fsp3) is 0.261. The van der Waals surface area contributed by atoms with E-state index in [0.29, 0.717) is 11.1 Å².